The molecule has 2 atom stereocenters. The summed E-state index contributed by atoms with van der Waals surface area (Å²) in [6, 6.07) is 6.84. The van der Waals surface area contributed by atoms with Gasteiger partial charge in [-0.2, -0.15) is 0 Å². The van der Waals surface area contributed by atoms with Crippen LogP contribution < -0.4 is 10.1 Å². The molecule has 2 rings (SSSR count). The first kappa shape index (κ1) is 14.9. The summed E-state index contributed by atoms with van der Waals surface area (Å²) in [5.41, 5.74) is 1.23. The van der Waals surface area contributed by atoms with Crippen LogP contribution >= 0.6 is 15.9 Å². The van der Waals surface area contributed by atoms with Gasteiger partial charge in [0.1, 0.15) is 5.75 Å². The molecule has 106 valence electrons. The van der Waals surface area contributed by atoms with E-state index in [0.717, 1.165) is 22.7 Å². The molecule has 0 spiro atoms. The molecule has 0 bridgehead atoms. The highest BCUT2D eigenvalue weighted by atomic mass is 79.9. The first-order chi connectivity index (χ1) is 9.20. The van der Waals surface area contributed by atoms with Gasteiger partial charge < -0.3 is 10.1 Å². The van der Waals surface area contributed by atoms with E-state index < -0.39 is 0 Å². The number of methoxy groups -OCH3 is 1. The summed E-state index contributed by atoms with van der Waals surface area (Å²) in [6.45, 7) is 3.26. The fourth-order valence-electron chi connectivity index (χ4n) is 2.92. The second kappa shape index (κ2) is 7.30. The van der Waals surface area contributed by atoms with E-state index in [9.17, 15) is 0 Å². The van der Waals surface area contributed by atoms with Crippen molar-refractivity contribution in [2.45, 2.75) is 51.6 Å². The smallest absolute Gasteiger partial charge is 0.123 e. The Morgan fingerprint density at radius 2 is 2.05 bits per heavy atom. The summed E-state index contributed by atoms with van der Waals surface area (Å²) >= 11 is 3.53. The van der Waals surface area contributed by atoms with Crippen LogP contribution in [0.5, 0.6) is 5.75 Å². The number of halogens is 1. The number of ether oxygens (including phenoxy) is 1. The summed E-state index contributed by atoms with van der Waals surface area (Å²) < 4.78 is 6.54. The van der Waals surface area contributed by atoms with E-state index >= 15 is 0 Å². The van der Waals surface area contributed by atoms with Crippen molar-refractivity contribution in [3.63, 3.8) is 0 Å². The fourth-order valence-corrected chi connectivity index (χ4v) is 3.33. The lowest BCUT2D eigenvalue weighted by Gasteiger charge is -2.23. The Hall–Kier alpha value is -0.540. The van der Waals surface area contributed by atoms with Gasteiger partial charge in [0, 0.05) is 22.6 Å². The van der Waals surface area contributed by atoms with Crippen LogP contribution in [0.3, 0.4) is 0 Å². The minimum absolute atomic E-state index is 0.645. The molecule has 0 saturated heterocycles. The van der Waals surface area contributed by atoms with Crippen LogP contribution in [0.2, 0.25) is 0 Å². The third-order valence-electron chi connectivity index (χ3n) is 4.16. The first-order valence-corrected chi connectivity index (χ1v) is 8.06. The van der Waals surface area contributed by atoms with Gasteiger partial charge in [-0.1, -0.05) is 42.1 Å². The maximum Gasteiger partial charge on any atom is 0.123 e. The van der Waals surface area contributed by atoms with E-state index in [0.29, 0.717) is 6.04 Å². The average Bonchev–Trinajstić information content (AvgIpc) is 2.61. The van der Waals surface area contributed by atoms with Crippen molar-refractivity contribution in [2.75, 3.05) is 7.11 Å². The van der Waals surface area contributed by atoms with Gasteiger partial charge in [-0.3, -0.25) is 0 Å². The molecule has 19 heavy (non-hydrogen) atoms. The molecule has 1 aliphatic carbocycles. The van der Waals surface area contributed by atoms with E-state index in [1.54, 1.807) is 7.11 Å². The van der Waals surface area contributed by atoms with Gasteiger partial charge in [-0.05, 0) is 37.0 Å². The Bertz CT molecular complexity index is 408. The summed E-state index contributed by atoms with van der Waals surface area (Å²) in [7, 11) is 1.74. The molecular formula is C16H24BrNO. The summed E-state index contributed by atoms with van der Waals surface area (Å²) in [6.07, 6.45) is 6.80. The highest BCUT2D eigenvalue weighted by Gasteiger charge is 2.19. The van der Waals surface area contributed by atoms with Crippen molar-refractivity contribution in [1.29, 1.82) is 0 Å². The second-order valence-corrected chi connectivity index (χ2v) is 6.47. The zero-order chi connectivity index (χ0) is 13.7. The summed E-state index contributed by atoms with van der Waals surface area (Å²) in [5, 5.41) is 3.73. The van der Waals surface area contributed by atoms with Gasteiger partial charge in [-0.25, -0.2) is 0 Å². The van der Waals surface area contributed by atoms with Crippen LogP contribution in [0.4, 0.5) is 0 Å². The quantitative estimate of drug-likeness (QED) is 0.822. The van der Waals surface area contributed by atoms with Crippen LogP contribution in [0.25, 0.3) is 0 Å². The molecule has 2 nitrogen and oxygen atoms in total. The normalized spacial score (nSPS) is 23.9. The van der Waals surface area contributed by atoms with Gasteiger partial charge in [-0.15, -0.1) is 0 Å². The standard InChI is InChI=1S/C16H24BrNO/c1-12-6-4-3-5-7-15(12)18-11-13-10-14(17)8-9-16(13)19-2/h8-10,12,15,18H,3-7,11H2,1-2H3. The van der Waals surface area contributed by atoms with E-state index in [2.05, 4.69) is 34.2 Å². The second-order valence-electron chi connectivity index (χ2n) is 5.56. The average molecular weight is 326 g/mol. The lowest BCUT2D eigenvalue weighted by molar-refractivity contribution is 0.350. The zero-order valence-corrected chi connectivity index (χ0v) is 13.5. The number of hydrogen-bond donors (Lipinski definition) is 1. The molecule has 0 heterocycles. The molecule has 0 aromatic heterocycles. The molecule has 1 saturated carbocycles. The first-order valence-electron chi connectivity index (χ1n) is 7.26. The third-order valence-corrected chi connectivity index (χ3v) is 4.65. The van der Waals surface area contributed by atoms with Gasteiger partial charge >= 0.3 is 0 Å². The predicted octanol–water partition coefficient (Wildman–Crippen LogP) is 4.52. The van der Waals surface area contributed by atoms with E-state index in [1.807, 2.05) is 12.1 Å². The molecule has 1 N–H and O–H groups in total. The Morgan fingerprint density at radius 3 is 2.84 bits per heavy atom. The number of nitrogens with one attached hydrogen (secondary N) is 1. The lowest BCUT2D eigenvalue weighted by Crippen LogP contribution is -2.33. The van der Waals surface area contributed by atoms with E-state index in [1.165, 1.54) is 37.7 Å². The Morgan fingerprint density at radius 1 is 1.26 bits per heavy atom. The number of hydrogen-bond acceptors (Lipinski definition) is 2. The molecule has 1 aromatic carbocycles. The highest BCUT2D eigenvalue weighted by Crippen LogP contribution is 2.26. The molecule has 0 amide bonds. The van der Waals surface area contributed by atoms with Crippen LogP contribution in [0, 0.1) is 5.92 Å². The maximum atomic E-state index is 5.43. The predicted molar refractivity (Wildman–Crippen MR) is 83.6 cm³/mol. The third kappa shape index (κ3) is 4.22. The number of benzene rings is 1. The molecule has 2 unspecified atom stereocenters. The largest absolute Gasteiger partial charge is 0.496 e. The molecule has 1 fully saturated rings. The number of rotatable bonds is 4. The minimum Gasteiger partial charge on any atom is -0.496 e. The van der Waals surface area contributed by atoms with Crippen molar-refractivity contribution >= 4 is 15.9 Å². The van der Waals surface area contributed by atoms with Crippen molar-refractivity contribution in [3.8, 4) is 5.75 Å². The molecule has 0 aliphatic heterocycles. The van der Waals surface area contributed by atoms with Crippen LogP contribution in [-0.4, -0.2) is 13.2 Å². The van der Waals surface area contributed by atoms with Gasteiger partial charge in [0.05, 0.1) is 7.11 Å². The molecule has 3 heteroatoms. The van der Waals surface area contributed by atoms with Crippen molar-refractivity contribution in [1.82, 2.24) is 5.32 Å². The molecule has 1 aromatic rings. The van der Waals surface area contributed by atoms with Crippen molar-refractivity contribution in [2.24, 2.45) is 5.92 Å². The van der Waals surface area contributed by atoms with Gasteiger partial charge in [0.15, 0.2) is 0 Å². The SMILES string of the molecule is COc1ccc(Br)cc1CNC1CCCCCC1C. The van der Waals surface area contributed by atoms with Crippen LogP contribution in [0.15, 0.2) is 22.7 Å². The van der Waals surface area contributed by atoms with E-state index in [4.69, 9.17) is 4.74 Å². The Kier molecular flexibility index (Phi) is 5.71. The van der Waals surface area contributed by atoms with Crippen LogP contribution in [0.1, 0.15) is 44.6 Å². The zero-order valence-electron chi connectivity index (χ0n) is 11.9. The van der Waals surface area contributed by atoms with Gasteiger partial charge in [0.25, 0.3) is 0 Å². The molecular weight excluding hydrogens is 302 g/mol. The lowest BCUT2D eigenvalue weighted by atomic mass is 9.97. The Balaban J connectivity index is 1.99. The van der Waals surface area contributed by atoms with Crippen LogP contribution in [-0.2, 0) is 6.54 Å². The summed E-state index contributed by atoms with van der Waals surface area (Å²) in [5.74, 6) is 1.75. The molecule has 1 aliphatic rings. The topological polar surface area (TPSA) is 21.3 Å². The van der Waals surface area contributed by atoms with Gasteiger partial charge in [0.2, 0.25) is 0 Å². The van der Waals surface area contributed by atoms with E-state index in [-0.39, 0.29) is 0 Å². The minimum atomic E-state index is 0.645. The Labute approximate surface area is 125 Å². The fraction of sp³-hybridized carbons (Fsp3) is 0.625. The maximum absolute atomic E-state index is 5.43. The monoisotopic (exact) mass is 325 g/mol. The highest BCUT2D eigenvalue weighted by molar-refractivity contribution is 9.10. The van der Waals surface area contributed by atoms with Crippen molar-refractivity contribution < 1.29 is 4.74 Å². The van der Waals surface area contributed by atoms with Crippen molar-refractivity contribution in [3.05, 3.63) is 28.2 Å². The summed E-state index contributed by atoms with van der Waals surface area (Å²) in [4.78, 5) is 0. The molecule has 0 radical (unpaired) electrons.